The molecule has 6 rings (SSSR count). The van der Waals surface area contributed by atoms with Crippen molar-refractivity contribution in [3.8, 4) is 39.6 Å². The van der Waals surface area contributed by atoms with E-state index in [0.29, 0.717) is 116 Å². The predicted octanol–water partition coefficient (Wildman–Crippen LogP) is 3.72. The zero-order valence-corrected chi connectivity index (χ0v) is 49.0. The summed E-state index contributed by atoms with van der Waals surface area (Å²) >= 11 is 6.56. The molecule has 0 spiro atoms. The van der Waals surface area contributed by atoms with Crippen LogP contribution in [0.25, 0.3) is 28.1 Å². The molecule has 1 aromatic heterocycles. The number of aliphatic carboxylic acids is 3. The molecule has 0 unspecified atom stereocenters. The summed E-state index contributed by atoms with van der Waals surface area (Å²) in [4.78, 5) is 83.1. The van der Waals surface area contributed by atoms with Crippen LogP contribution in [0.4, 0.5) is 10.5 Å². The Balaban J connectivity index is 0.869. The van der Waals surface area contributed by atoms with Crippen molar-refractivity contribution in [3.63, 3.8) is 0 Å². The number of aryl methyl sites for hydroxylation is 1. The maximum atomic E-state index is 14.0. The molecule has 25 nitrogen and oxygen atoms in total. The first-order valence-corrected chi connectivity index (χ1v) is 27.9. The number of rotatable bonds is 28. The van der Waals surface area contributed by atoms with Gasteiger partial charge >= 0.3 is 23.9 Å². The number of methoxy groups -OCH3 is 1. The summed E-state index contributed by atoms with van der Waals surface area (Å²) in [7, 11) is 3.33. The van der Waals surface area contributed by atoms with Crippen LogP contribution in [-0.2, 0) is 44.7 Å². The van der Waals surface area contributed by atoms with E-state index in [4.69, 9.17) is 45.1 Å². The second-order valence-electron chi connectivity index (χ2n) is 21.0. The van der Waals surface area contributed by atoms with Gasteiger partial charge in [0.2, 0.25) is 5.91 Å². The van der Waals surface area contributed by atoms with Gasteiger partial charge in [-0.05, 0) is 75.2 Å². The number of carboxylic acid groups (broad SMARTS) is 3. The summed E-state index contributed by atoms with van der Waals surface area (Å²) in [6.45, 7) is 12.5. The van der Waals surface area contributed by atoms with Gasteiger partial charge in [0.15, 0.2) is 5.69 Å². The van der Waals surface area contributed by atoms with Gasteiger partial charge in [-0.1, -0.05) is 23.7 Å². The Morgan fingerprint density at radius 1 is 0.675 bits per heavy atom. The average molecular weight is 1180 g/mol. The van der Waals surface area contributed by atoms with Crippen molar-refractivity contribution >= 4 is 53.0 Å². The zero-order chi connectivity index (χ0) is 60.1. The van der Waals surface area contributed by atoms with Gasteiger partial charge in [-0.25, -0.2) is 9.48 Å². The van der Waals surface area contributed by atoms with Crippen LogP contribution in [0.3, 0.4) is 0 Å². The molecule has 0 aliphatic carbocycles. The molecule has 0 radical (unpaired) electrons. The van der Waals surface area contributed by atoms with Crippen LogP contribution in [0.15, 0.2) is 54.6 Å². The second kappa shape index (κ2) is 32.2. The molecule has 6 N–H and O–H groups in total. The molecular formula is C57H79ClN10O15. The van der Waals surface area contributed by atoms with E-state index in [9.17, 15) is 44.1 Å². The number of halogens is 1. The highest BCUT2D eigenvalue weighted by atomic mass is 35.5. The molecule has 0 bridgehead atoms. The third-order valence-electron chi connectivity index (χ3n) is 13.7. The van der Waals surface area contributed by atoms with E-state index in [0.717, 1.165) is 11.1 Å². The molecule has 1 saturated heterocycles. The normalized spacial score (nSPS) is 14.7. The van der Waals surface area contributed by atoms with Crippen molar-refractivity contribution in [1.82, 2.24) is 44.9 Å². The van der Waals surface area contributed by atoms with Crippen molar-refractivity contribution in [2.45, 2.75) is 39.8 Å². The minimum absolute atomic E-state index is 0.00723. The molecule has 1 fully saturated rings. The Bertz CT molecular complexity index is 2800. The van der Waals surface area contributed by atoms with E-state index in [2.05, 4.69) is 16.0 Å². The van der Waals surface area contributed by atoms with E-state index in [-0.39, 0.29) is 103 Å². The Morgan fingerprint density at radius 2 is 1.19 bits per heavy atom. The molecule has 26 heteroatoms. The van der Waals surface area contributed by atoms with Crippen LogP contribution >= 0.6 is 11.6 Å². The number of amides is 4. The molecule has 83 heavy (non-hydrogen) atoms. The van der Waals surface area contributed by atoms with Gasteiger partial charge < -0.3 is 64.6 Å². The lowest BCUT2D eigenvalue weighted by molar-refractivity contribution is -0.140. The van der Waals surface area contributed by atoms with Crippen LogP contribution in [0, 0.1) is 6.92 Å². The van der Waals surface area contributed by atoms with Gasteiger partial charge in [-0.15, -0.1) is 0 Å². The number of hydrogen-bond donors (Lipinski definition) is 6. The van der Waals surface area contributed by atoms with Gasteiger partial charge in [0.05, 0.1) is 97.5 Å². The van der Waals surface area contributed by atoms with Crippen LogP contribution in [0.5, 0.6) is 11.5 Å². The summed E-state index contributed by atoms with van der Waals surface area (Å²) in [5.74, 6) is -2.50. The van der Waals surface area contributed by atoms with Gasteiger partial charge in [0.25, 0.3) is 5.91 Å². The molecule has 0 atom stereocenters. The lowest BCUT2D eigenvalue weighted by Gasteiger charge is -2.32. The number of urea groups is 1. The third-order valence-corrected chi connectivity index (χ3v) is 13.9. The Kier molecular flexibility index (Phi) is 25.3. The highest BCUT2D eigenvalue weighted by molar-refractivity contribution is 6.30. The number of benzene rings is 3. The fourth-order valence-corrected chi connectivity index (χ4v) is 9.46. The molecule has 4 amide bonds. The minimum Gasteiger partial charge on any atom is -0.496 e. The van der Waals surface area contributed by atoms with Crippen molar-refractivity contribution in [2.75, 3.05) is 164 Å². The van der Waals surface area contributed by atoms with Crippen molar-refractivity contribution in [1.29, 1.82) is 0 Å². The van der Waals surface area contributed by atoms with Gasteiger partial charge in [-0.3, -0.25) is 43.6 Å². The number of carbonyl (C=O) groups excluding carboxylic acids is 3. The van der Waals surface area contributed by atoms with Crippen LogP contribution in [0.2, 0.25) is 5.02 Å². The highest BCUT2D eigenvalue weighted by Crippen LogP contribution is 2.46. The quantitative estimate of drug-likeness (QED) is 0.0442. The first kappa shape index (κ1) is 65.2. The number of ether oxygens (including phenoxy) is 6. The Labute approximate surface area is 488 Å². The monoisotopic (exact) mass is 1180 g/mol. The fraction of sp³-hybridized carbons (Fsp3) is 0.526. The third kappa shape index (κ3) is 20.7. The number of nitrogens with zero attached hydrogens (tertiary/aromatic N) is 7. The van der Waals surface area contributed by atoms with Crippen LogP contribution in [-0.4, -0.2) is 250 Å². The van der Waals surface area contributed by atoms with Crippen LogP contribution in [0.1, 0.15) is 42.4 Å². The molecule has 4 aromatic rings. The Morgan fingerprint density at radius 3 is 1.70 bits per heavy atom. The number of anilines is 1. The maximum absolute atomic E-state index is 14.0. The lowest BCUT2D eigenvalue weighted by atomic mass is 9.95. The molecule has 0 saturated carbocycles. The average Bonchev–Trinajstić information content (AvgIpc) is 3.66. The number of fused-ring (bicyclic) bond motifs is 3. The van der Waals surface area contributed by atoms with Gasteiger partial charge in [0.1, 0.15) is 18.1 Å². The zero-order valence-electron chi connectivity index (χ0n) is 48.2. The summed E-state index contributed by atoms with van der Waals surface area (Å²) in [6.07, 6.45) is 0. The van der Waals surface area contributed by atoms with Crippen molar-refractivity contribution in [3.05, 3.63) is 76.4 Å². The fourth-order valence-electron chi connectivity index (χ4n) is 9.18. The van der Waals surface area contributed by atoms with E-state index in [1.165, 1.54) is 0 Å². The van der Waals surface area contributed by atoms with Crippen molar-refractivity contribution in [2.24, 2.45) is 0 Å². The van der Waals surface area contributed by atoms with E-state index in [1.54, 1.807) is 44.5 Å². The maximum Gasteiger partial charge on any atom is 0.319 e. The highest BCUT2D eigenvalue weighted by Gasteiger charge is 2.35. The smallest absolute Gasteiger partial charge is 0.319 e. The standard InChI is InChI=1S/C57H79ClN10O15/c1-39-28-41(58)31-43(29-39)68-54-45-32-44(47(78-6)33-48(45)83-38-46(54)53(62-68)55(76)63(5)57(2,3)4)40-8-7-9-42(30-40)61-56(77)60-11-21-80-23-25-82-27-26-81-24-22-79-20-10-59-49(69)34-64-12-14-65(35-50(70)71)16-18-67(37-52(74)75)19-17-66(15-13-64)36-51(72)73/h7-9,28-33H,10-27,34-38H2,1-6H3,(H,59,69)(H,70,71)(H,72,73)(H,74,75)(H2,60,61,77). The number of hydrogen-bond acceptors (Lipinski definition) is 17. The van der Waals surface area contributed by atoms with E-state index in [1.807, 2.05) is 81.1 Å². The Hall–Kier alpha value is -6.94. The predicted molar refractivity (Wildman–Crippen MR) is 309 cm³/mol. The largest absolute Gasteiger partial charge is 0.496 e. The lowest BCUT2D eigenvalue weighted by Crippen LogP contribution is -2.50. The number of aromatic nitrogens is 2. The van der Waals surface area contributed by atoms with Crippen molar-refractivity contribution < 1.29 is 72.5 Å². The second-order valence-corrected chi connectivity index (χ2v) is 21.4. The first-order chi connectivity index (χ1) is 39.7. The molecular weight excluding hydrogens is 1100 g/mol. The molecule has 454 valence electrons. The van der Waals surface area contributed by atoms with Gasteiger partial charge in [0, 0.05) is 112 Å². The van der Waals surface area contributed by atoms with Crippen LogP contribution < -0.4 is 25.4 Å². The summed E-state index contributed by atoms with van der Waals surface area (Å²) in [5.41, 5.74) is 5.46. The summed E-state index contributed by atoms with van der Waals surface area (Å²) in [5, 5.41) is 42.3. The molecule has 2 aliphatic heterocycles. The summed E-state index contributed by atoms with van der Waals surface area (Å²) in [6, 6.07) is 16.3. The topological polar surface area (TPSA) is 289 Å². The first-order valence-electron chi connectivity index (χ1n) is 27.5. The van der Waals surface area contributed by atoms with Gasteiger partial charge in [-0.2, -0.15) is 5.10 Å². The molecule has 2 aliphatic rings. The number of carboxylic acids is 3. The van der Waals surface area contributed by atoms with E-state index < -0.39 is 29.5 Å². The minimum atomic E-state index is -1.03. The SMILES string of the molecule is COc1cc2c(cc1-c1cccc(NC(=O)NCCOCCOCCOCCOCCNC(=O)CN3CCN(CC(=O)O)CCN(CC(=O)O)CCN(CC(=O)O)CC3)c1)-c1c(c(C(=O)N(C)C(C)(C)C)nn1-c1cc(C)cc(Cl)c1)CO2. The molecule has 3 aromatic carbocycles. The number of nitrogens with one attached hydrogen (secondary N) is 3. The number of carbonyl (C=O) groups is 6. The molecule has 3 heterocycles. The summed E-state index contributed by atoms with van der Waals surface area (Å²) < 4.78 is 36.3. The van der Waals surface area contributed by atoms with E-state index >= 15 is 0 Å².